The molecular weight excluding hydrogens is 633 g/mol. The monoisotopic (exact) mass is 672 g/mol. The molecule has 8 nitrogen and oxygen atoms in total. The standard InChI is InChI=1S/C40H40N4O4S/c1-4-40(2,3)39(45)41-24-13-25-42-49(46,47)37-19-12-11-18-34(37)38-32-22-20-30(43-28-14-7-5-8-15-28)26-35(32)48-36-27-31(21-23-33(36)38)44-29-16-9-6-10-17-29/h5-12,14-23,26-27,42-43H,4,13,24-25H2,1-3H3,(H,41,45)/b44-31+. The third kappa shape index (κ3) is 7.74. The first-order valence-corrected chi connectivity index (χ1v) is 17.9. The quantitative estimate of drug-likeness (QED) is 0.0893. The Morgan fingerprint density at radius 3 is 2.24 bits per heavy atom. The van der Waals surface area contributed by atoms with Crippen LogP contribution in [-0.4, -0.2) is 27.4 Å². The minimum Gasteiger partial charge on any atom is -0.456 e. The van der Waals surface area contributed by atoms with Crippen molar-refractivity contribution >= 4 is 44.0 Å². The SMILES string of the molecule is CCC(C)(C)C(=O)NCCCNS(=O)(=O)c1ccccc1-c1c2cc/c(=N\c3ccccc3)cc-2oc2cc(Nc3ccccc3)ccc12. The number of anilines is 2. The fourth-order valence-corrected chi connectivity index (χ4v) is 6.82. The molecule has 4 aromatic rings. The molecule has 4 aromatic carbocycles. The second-order valence-corrected chi connectivity index (χ2v) is 14.3. The lowest BCUT2D eigenvalue weighted by Crippen LogP contribution is -2.38. The van der Waals surface area contributed by atoms with Crippen molar-refractivity contribution in [1.82, 2.24) is 10.0 Å². The Morgan fingerprint density at radius 1 is 0.776 bits per heavy atom. The molecular formula is C40H40N4O4S. The maximum Gasteiger partial charge on any atom is 0.241 e. The van der Waals surface area contributed by atoms with Gasteiger partial charge in [0.1, 0.15) is 11.3 Å². The van der Waals surface area contributed by atoms with Crippen LogP contribution in [0.1, 0.15) is 33.6 Å². The summed E-state index contributed by atoms with van der Waals surface area (Å²) in [6.07, 6.45) is 1.17. The molecule has 9 heteroatoms. The molecule has 49 heavy (non-hydrogen) atoms. The predicted octanol–water partition coefficient (Wildman–Crippen LogP) is 8.40. The zero-order chi connectivity index (χ0) is 34.4. The third-order valence-corrected chi connectivity index (χ3v) is 10.2. The average Bonchev–Trinajstić information content (AvgIpc) is 3.11. The normalized spacial score (nSPS) is 12.3. The van der Waals surface area contributed by atoms with Crippen LogP contribution in [0.4, 0.5) is 17.1 Å². The van der Waals surface area contributed by atoms with E-state index in [9.17, 15) is 13.2 Å². The Labute approximate surface area is 287 Å². The summed E-state index contributed by atoms with van der Waals surface area (Å²) in [5, 5.41) is 7.82. The van der Waals surface area contributed by atoms with Crippen LogP contribution < -0.4 is 20.7 Å². The van der Waals surface area contributed by atoms with E-state index in [1.807, 2.05) is 130 Å². The number of hydrogen-bond acceptors (Lipinski definition) is 6. The molecule has 0 spiro atoms. The lowest BCUT2D eigenvalue weighted by molar-refractivity contribution is -0.129. The topological polar surface area (TPSA) is 113 Å². The zero-order valence-corrected chi connectivity index (χ0v) is 28.7. The van der Waals surface area contributed by atoms with Gasteiger partial charge in [0.25, 0.3) is 0 Å². The highest BCUT2D eigenvalue weighted by atomic mass is 32.2. The molecule has 250 valence electrons. The maximum absolute atomic E-state index is 13.9. The Hall–Kier alpha value is -5.25. The molecule has 0 unspecified atom stereocenters. The van der Waals surface area contributed by atoms with Crippen molar-refractivity contribution in [3.8, 4) is 22.5 Å². The minimum atomic E-state index is -3.93. The summed E-state index contributed by atoms with van der Waals surface area (Å²) in [4.78, 5) is 17.4. The van der Waals surface area contributed by atoms with E-state index in [4.69, 9.17) is 9.41 Å². The number of nitrogens with one attached hydrogen (secondary N) is 3. The van der Waals surface area contributed by atoms with Gasteiger partial charge >= 0.3 is 0 Å². The number of carbonyl (C=O) groups excluding carboxylic acids is 1. The second-order valence-electron chi connectivity index (χ2n) is 12.5. The summed E-state index contributed by atoms with van der Waals surface area (Å²) < 4.78 is 37.0. The number of hydrogen-bond donors (Lipinski definition) is 3. The van der Waals surface area contributed by atoms with Gasteiger partial charge in [-0.25, -0.2) is 18.1 Å². The molecule has 0 fully saturated rings. The second kappa shape index (κ2) is 14.5. The lowest BCUT2D eigenvalue weighted by atomic mass is 9.89. The van der Waals surface area contributed by atoms with Gasteiger partial charge in [-0.05, 0) is 67.4 Å². The molecule has 0 bridgehead atoms. The first-order chi connectivity index (χ1) is 23.6. The van der Waals surface area contributed by atoms with Gasteiger partial charge in [0.2, 0.25) is 15.9 Å². The van der Waals surface area contributed by atoms with Crippen molar-refractivity contribution in [1.29, 1.82) is 0 Å². The predicted molar refractivity (Wildman–Crippen MR) is 197 cm³/mol. The smallest absolute Gasteiger partial charge is 0.241 e. The molecule has 2 aliphatic rings. The van der Waals surface area contributed by atoms with E-state index in [0.717, 1.165) is 33.6 Å². The van der Waals surface area contributed by atoms with Crippen LogP contribution >= 0.6 is 0 Å². The van der Waals surface area contributed by atoms with Crippen molar-refractivity contribution in [3.63, 3.8) is 0 Å². The highest BCUT2D eigenvalue weighted by Gasteiger charge is 2.26. The van der Waals surface area contributed by atoms with Crippen LogP contribution in [0.15, 0.2) is 136 Å². The minimum absolute atomic E-state index is 0.0432. The number of carbonyl (C=O) groups is 1. The molecule has 3 N–H and O–H groups in total. The van der Waals surface area contributed by atoms with Crippen molar-refractivity contribution in [3.05, 3.63) is 127 Å². The zero-order valence-electron chi connectivity index (χ0n) is 27.9. The van der Waals surface area contributed by atoms with Gasteiger partial charge in [0.15, 0.2) is 0 Å². The van der Waals surface area contributed by atoms with Crippen molar-refractivity contribution in [2.75, 3.05) is 18.4 Å². The van der Waals surface area contributed by atoms with Crippen molar-refractivity contribution in [2.24, 2.45) is 10.4 Å². The molecule has 1 heterocycles. The number of fused-ring (bicyclic) bond motifs is 2. The van der Waals surface area contributed by atoms with Crippen LogP contribution in [0.5, 0.6) is 0 Å². The lowest BCUT2D eigenvalue weighted by Gasteiger charge is -2.21. The fourth-order valence-electron chi connectivity index (χ4n) is 5.54. The fraction of sp³-hybridized carbons (Fsp3) is 0.200. The molecule has 0 radical (unpaired) electrons. The number of sulfonamides is 1. The van der Waals surface area contributed by atoms with Crippen molar-refractivity contribution < 1.29 is 17.6 Å². The number of rotatable bonds is 12. The van der Waals surface area contributed by atoms with E-state index >= 15 is 0 Å². The van der Waals surface area contributed by atoms with E-state index in [1.165, 1.54) is 0 Å². The van der Waals surface area contributed by atoms with E-state index in [2.05, 4.69) is 15.4 Å². The summed E-state index contributed by atoms with van der Waals surface area (Å²) >= 11 is 0. The third-order valence-electron chi connectivity index (χ3n) is 8.66. The summed E-state index contributed by atoms with van der Waals surface area (Å²) in [6, 6.07) is 38.1. The number of amides is 1. The molecule has 0 saturated carbocycles. The summed E-state index contributed by atoms with van der Waals surface area (Å²) in [6.45, 7) is 6.31. The van der Waals surface area contributed by atoms with Crippen LogP contribution in [0.3, 0.4) is 0 Å². The Balaban J connectivity index is 1.40. The van der Waals surface area contributed by atoms with Crippen LogP contribution in [0.2, 0.25) is 0 Å². The molecule has 1 aliphatic carbocycles. The van der Waals surface area contributed by atoms with Crippen molar-refractivity contribution in [2.45, 2.75) is 38.5 Å². The summed E-state index contributed by atoms with van der Waals surface area (Å²) in [5.74, 6) is 0.528. The van der Waals surface area contributed by atoms with Crippen LogP contribution in [0.25, 0.3) is 33.4 Å². The molecule has 0 atom stereocenters. The molecule has 6 rings (SSSR count). The first kappa shape index (κ1) is 33.6. The van der Waals surface area contributed by atoms with Gasteiger partial charge in [-0.1, -0.05) is 75.4 Å². The van der Waals surface area contributed by atoms with E-state index in [1.54, 1.807) is 12.1 Å². The first-order valence-electron chi connectivity index (χ1n) is 16.4. The highest BCUT2D eigenvalue weighted by molar-refractivity contribution is 7.89. The largest absolute Gasteiger partial charge is 0.456 e. The van der Waals surface area contributed by atoms with E-state index in [-0.39, 0.29) is 17.3 Å². The van der Waals surface area contributed by atoms with E-state index < -0.39 is 15.4 Å². The van der Waals surface area contributed by atoms with Gasteiger partial charge < -0.3 is 15.1 Å². The Kier molecular flexibility index (Phi) is 9.94. The molecule has 1 amide bonds. The van der Waals surface area contributed by atoms with Gasteiger partial charge in [0, 0.05) is 64.1 Å². The molecule has 0 saturated heterocycles. The molecule has 0 aromatic heterocycles. The summed E-state index contributed by atoms with van der Waals surface area (Å²) in [7, 11) is -3.93. The number of para-hydroxylation sites is 2. The Morgan fingerprint density at radius 2 is 1.49 bits per heavy atom. The van der Waals surface area contributed by atoms with Gasteiger partial charge in [-0.2, -0.15) is 0 Å². The van der Waals surface area contributed by atoms with Gasteiger partial charge in [-0.15, -0.1) is 0 Å². The Bertz CT molecular complexity index is 2230. The van der Waals surface area contributed by atoms with Gasteiger partial charge in [-0.3, -0.25) is 4.79 Å². The number of nitrogens with zero attached hydrogens (tertiary/aromatic N) is 1. The average molecular weight is 673 g/mol. The number of benzene rings is 5. The van der Waals surface area contributed by atoms with Crippen LogP contribution in [-0.2, 0) is 14.8 Å². The van der Waals surface area contributed by atoms with Gasteiger partial charge in [0.05, 0.1) is 15.9 Å². The highest BCUT2D eigenvalue weighted by Crippen LogP contribution is 2.43. The van der Waals surface area contributed by atoms with Crippen LogP contribution in [0, 0.1) is 5.41 Å². The molecule has 1 aliphatic heterocycles. The maximum atomic E-state index is 13.9. The van der Waals surface area contributed by atoms with E-state index in [0.29, 0.717) is 41.7 Å². The summed E-state index contributed by atoms with van der Waals surface area (Å²) in [5.41, 5.74) is 4.74.